The molecule has 0 amide bonds. The van der Waals surface area contributed by atoms with Crippen LogP contribution in [0.5, 0.6) is 11.5 Å². The van der Waals surface area contributed by atoms with Crippen molar-refractivity contribution in [3.05, 3.63) is 41.2 Å². The van der Waals surface area contributed by atoms with Crippen molar-refractivity contribution >= 4 is 5.96 Å². The third kappa shape index (κ3) is 6.15. The summed E-state index contributed by atoms with van der Waals surface area (Å²) in [5.41, 5.74) is 3.40. The largest absolute Gasteiger partial charge is 0.493 e. The second kappa shape index (κ2) is 10.9. The summed E-state index contributed by atoms with van der Waals surface area (Å²) in [7, 11) is 3.48. The van der Waals surface area contributed by atoms with E-state index in [2.05, 4.69) is 50.5 Å². The molecular weight excluding hydrogens is 378 g/mol. The van der Waals surface area contributed by atoms with E-state index in [-0.39, 0.29) is 0 Å². The third-order valence-corrected chi connectivity index (χ3v) is 5.45. The minimum Gasteiger partial charge on any atom is -0.493 e. The molecule has 1 heterocycles. The average molecular weight is 414 g/mol. The van der Waals surface area contributed by atoms with Crippen LogP contribution in [-0.2, 0) is 13.1 Å². The first kappa shape index (κ1) is 22.0. The molecular formula is C23H35N5O2. The topological polar surface area (TPSA) is 72.7 Å². The van der Waals surface area contributed by atoms with Gasteiger partial charge in [-0.05, 0) is 69.7 Å². The second-order valence-electron chi connectivity index (χ2n) is 7.87. The summed E-state index contributed by atoms with van der Waals surface area (Å²) in [4.78, 5) is 4.32. The molecule has 0 atom stereocenters. The highest BCUT2D eigenvalue weighted by molar-refractivity contribution is 5.79. The van der Waals surface area contributed by atoms with Crippen LogP contribution < -0.4 is 20.1 Å². The predicted octanol–water partition coefficient (Wildman–Crippen LogP) is 3.59. The second-order valence-corrected chi connectivity index (χ2v) is 7.87. The third-order valence-electron chi connectivity index (χ3n) is 5.45. The molecule has 0 radical (unpaired) electrons. The van der Waals surface area contributed by atoms with Gasteiger partial charge in [0.1, 0.15) is 0 Å². The Morgan fingerprint density at radius 3 is 2.63 bits per heavy atom. The first-order chi connectivity index (χ1) is 14.6. The highest BCUT2D eigenvalue weighted by Crippen LogP contribution is 2.32. The summed E-state index contributed by atoms with van der Waals surface area (Å²) < 4.78 is 13.7. The Balaban J connectivity index is 1.47. The van der Waals surface area contributed by atoms with Gasteiger partial charge in [0.2, 0.25) is 0 Å². The van der Waals surface area contributed by atoms with Crippen molar-refractivity contribution in [3.8, 4) is 11.5 Å². The van der Waals surface area contributed by atoms with Gasteiger partial charge in [-0.1, -0.05) is 6.07 Å². The number of rotatable bonds is 9. The fraction of sp³-hybridized carbons (Fsp3) is 0.565. The molecule has 7 nitrogen and oxygen atoms in total. The molecule has 0 aliphatic heterocycles. The van der Waals surface area contributed by atoms with Crippen LogP contribution >= 0.6 is 0 Å². The molecule has 0 spiro atoms. The van der Waals surface area contributed by atoms with E-state index in [4.69, 9.17) is 9.47 Å². The van der Waals surface area contributed by atoms with E-state index in [0.717, 1.165) is 61.1 Å². The van der Waals surface area contributed by atoms with E-state index in [1.165, 1.54) is 18.5 Å². The zero-order chi connectivity index (χ0) is 21.3. The molecule has 2 aromatic rings. The van der Waals surface area contributed by atoms with Crippen LogP contribution in [0.15, 0.2) is 29.3 Å². The van der Waals surface area contributed by atoms with E-state index < -0.39 is 0 Å². The zero-order valence-electron chi connectivity index (χ0n) is 18.7. The maximum atomic E-state index is 6.20. The highest BCUT2D eigenvalue weighted by atomic mass is 16.5. The number of aliphatic imine (C=N–C) groups is 1. The van der Waals surface area contributed by atoms with Crippen LogP contribution in [-0.4, -0.2) is 42.5 Å². The molecule has 1 aliphatic rings. The van der Waals surface area contributed by atoms with Gasteiger partial charge in [-0.25, -0.2) is 0 Å². The van der Waals surface area contributed by atoms with Crippen LogP contribution in [0.2, 0.25) is 0 Å². The maximum Gasteiger partial charge on any atom is 0.191 e. The number of nitrogens with zero attached hydrogens (tertiary/aromatic N) is 3. The van der Waals surface area contributed by atoms with E-state index in [1.807, 2.05) is 13.0 Å². The SMILES string of the molecule is CN=C(NCCCn1nc(C)cc1C)NCc1ccc(OC)c(OC2CCCC2)c1. The first-order valence-corrected chi connectivity index (χ1v) is 10.9. The van der Waals surface area contributed by atoms with E-state index >= 15 is 0 Å². The van der Waals surface area contributed by atoms with Crippen LogP contribution in [0.3, 0.4) is 0 Å². The Morgan fingerprint density at radius 2 is 1.97 bits per heavy atom. The van der Waals surface area contributed by atoms with Gasteiger partial charge in [0, 0.05) is 32.4 Å². The molecule has 0 bridgehead atoms. The van der Waals surface area contributed by atoms with Crippen LogP contribution in [0.25, 0.3) is 0 Å². The van der Waals surface area contributed by atoms with Crippen molar-refractivity contribution in [2.24, 2.45) is 4.99 Å². The van der Waals surface area contributed by atoms with Gasteiger partial charge in [-0.2, -0.15) is 5.10 Å². The summed E-state index contributed by atoms with van der Waals surface area (Å²) in [5.74, 6) is 2.41. The summed E-state index contributed by atoms with van der Waals surface area (Å²) in [5, 5.41) is 11.3. The quantitative estimate of drug-likeness (QED) is 0.373. The van der Waals surface area contributed by atoms with Gasteiger partial charge >= 0.3 is 0 Å². The summed E-state index contributed by atoms with van der Waals surface area (Å²) in [6.45, 7) is 6.51. The molecule has 30 heavy (non-hydrogen) atoms. The predicted molar refractivity (Wildman–Crippen MR) is 120 cm³/mol. The molecule has 164 valence electrons. The maximum absolute atomic E-state index is 6.20. The van der Waals surface area contributed by atoms with Gasteiger partial charge in [0.05, 0.1) is 18.9 Å². The lowest BCUT2D eigenvalue weighted by molar-refractivity contribution is 0.200. The number of aryl methyl sites for hydroxylation is 3. The molecule has 0 saturated heterocycles. The van der Waals surface area contributed by atoms with Crippen molar-refractivity contribution in [1.82, 2.24) is 20.4 Å². The number of benzene rings is 1. The lowest BCUT2D eigenvalue weighted by atomic mass is 10.2. The number of hydrogen-bond donors (Lipinski definition) is 2. The van der Waals surface area contributed by atoms with Crippen molar-refractivity contribution in [1.29, 1.82) is 0 Å². The van der Waals surface area contributed by atoms with Gasteiger partial charge in [-0.15, -0.1) is 0 Å². The molecule has 1 aromatic heterocycles. The van der Waals surface area contributed by atoms with E-state index in [0.29, 0.717) is 12.6 Å². The minimum absolute atomic E-state index is 0.304. The van der Waals surface area contributed by atoms with Crippen molar-refractivity contribution in [2.45, 2.75) is 65.1 Å². The number of methoxy groups -OCH3 is 1. The van der Waals surface area contributed by atoms with Gasteiger partial charge in [-0.3, -0.25) is 9.67 Å². The van der Waals surface area contributed by atoms with Crippen molar-refractivity contribution < 1.29 is 9.47 Å². The Morgan fingerprint density at radius 1 is 1.17 bits per heavy atom. The van der Waals surface area contributed by atoms with Crippen LogP contribution in [0, 0.1) is 13.8 Å². The van der Waals surface area contributed by atoms with Crippen LogP contribution in [0.1, 0.15) is 49.1 Å². The van der Waals surface area contributed by atoms with E-state index in [1.54, 1.807) is 14.2 Å². The van der Waals surface area contributed by atoms with Crippen LogP contribution in [0.4, 0.5) is 0 Å². The molecule has 3 rings (SSSR count). The number of nitrogens with one attached hydrogen (secondary N) is 2. The normalized spacial score (nSPS) is 14.7. The van der Waals surface area contributed by atoms with Gasteiger partial charge < -0.3 is 20.1 Å². The lowest BCUT2D eigenvalue weighted by Gasteiger charge is -2.17. The molecule has 1 fully saturated rings. The fourth-order valence-electron chi connectivity index (χ4n) is 3.85. The monoisotopic (exact) mass is 413 g/mol. The van der Waals surface area contributed by atoms with Gasteiger partial charge in [0.15, 0.2) is 17.5 Å². The highest BCUT2D eigenvalue weighted by Gasteiger charge is 2.18. The molecule has 0 unspecified atom stereocenters. The Hall–Kier alpha value is -2.70. The number of ether oxygens (including phenoxy) is 2. The first-order valence-electron chi connectivity index (χ1n) is 10.9. The smallest absolute Gasteiger partial charge is 0.191 e. The lowest BCUT2D eigenvalue weighted by Crippen LogP contribution is -2.37. The standard InChI is InChI=1S/C23H35N5O2/c1-17-14-18(2)28(27-17)13-7-12-25-23(24-3)26-16-19-10-11-21(29-4)22(15-19)30-20-8-5-6-9-20/h10-11,14-15,20H,5-9,12-13,16H2,1-4H3,(H2,24,25,26). The summed E-state index contributed by atoms with van der Waals surface area (Å²) in [6, 6.07) is 8.21. The summed E-state index contributed by atoms with van der Waals surface area (Å²) in [6.07, 6.45) is 6.02. The molecule has 1 aromatic carbocycles. The molecule has 7 heteroatoms. The minimum atomic E-state index is 0.304. The molecule has 1 saturated carbocycles. The number of hydrogen-bond acceptors (Lipinski definition) is 4. The number of guanidine groups is 1. The molecule has 1 aliphatic carbocycles. The van der Waals surface area contributed by atoms with Crippen molar-refractivity contribution in [3.63, 3.8) is 0 Å². The van der Waals surface area contributed by atoms with Crippen molar-refractivity contribution in [2.75, 3.05) is 20.7 Å². The molecule has 2 N–H and O–H groups in total. The number of aromatic nitrogens is 2. The Kier molecular flexibility index (Phi) is 7.99. The zero-order valence-corrected chi connectivity index (χ0v) is 18.7. The van der Waals surface area contributed by atoms with Gasteiger partial charge in [0.25, 0.3) is 0 Å². The van der Waals surface area contributed by atoms with E-state index in [9.17, 15) is 0 Å². The Bertz CT molecular complexity index is 840. The fourth-order valence-corrected chi connectivity index (χ4v) is 3.85. The Labute approximate surface area is 179 Å². The summed E-state index contributed by atoms with van der Waals surface area (Å²) >= 11 is 0. The average Bonchev–Trinajstić information content (AvgIpc) is 3.36.